The predicted molar refractivity (Wildman–Crippen MR) is 66.3 cm³/mol. The number of pyridine rings is 1. The van der Waals surface area contributed by atoms with Crippen LogP contribution < -0.4 is 4.74 Å². The molecule has 0 atom stereocenters. The number of hydrogen-bond acceptors (Lipinski definition) is 3. The highest BCUT2D eigenvalue weighted by Crippen LogP contribution is 2.29. The summed E-state index contributed by atoms with van der Waals surface area (Å²) in [6.45, 7) is 1.93. The van der Waals surface area contributed by atoms with E-state index in [-0.39, 0.29) is 0 Å². The lowest BCUT2D eigenvalue weighted by molar-refractivity contribution is 0.112. The highest BCUT2D eigenvalue weighted by Gasteiger charge is 2.08. The number of aldehydes is 1. The van der Waals surface area contributed by atoms with Gasteiger partial charge in [0.1, 0.15) is 12.0 Å². The third kappa shape index (κ3) is 2.33. The van der Waals surface area contributed by atoms with Crippen LogP contribution in [-0.4, -0.2) is 18.4 Å². The van der Waals surface area contributed by atoms with E-state index < -0.39 is 0 Å². The van der Waals surface area contributed by atoms with E-state index in [1.165, 1.54) is 0 Å². The van der Waals surface area contributed by atoms with E-state index in [4.69, 9.17) is 4.74 Å². The number of aryl methyl sites for hydroxylation is 1. The smallest absolute Gasteiger partial charge is 0.150 e. The molecule has 1 heterocycles. The normalized spacial score (nSPS) is 10.0. The Bertz CT molecular complexity index is 550. The fourth-order valence-corrected chi connectivity index (χ4v) is 1.69. The number of carbonyl (C=O) groups excluding carboxylic acids is 1. The number of rotatable bonds is 3. The van der Waals surface area contributed by atoms with Crippen molar-refractivity contribution < 1.29 is 9.53 Å². The molecule has 0 N–H and O–H groups in total. The summed E-state index contributed by atoms with van der Waals surface area (Å²) in [4.78, 5) is 15.2. The van der Waals surface area contributed by atoms with Crippen LogP contribution >= 0.6 is 0 Å². The zero-order valence-electron chi connectivity index (χ0n) is 9.81. The van der Waals surface area contributed by atoms with Gasteiger partial charge in [0.05, 0.1) is 12.8 Å². The van der Waals surface area contributed by atoms with Crippen molar-refractivity contribution in [1.82, 2.24) is 4.98 Å². The quantitative estimate of drug-likeness (QED) is 0.757. The fraction of sp³-hybridized carbons (Fsp3) is 0.143. The molecule has 0 amide bonds. The molecule has 0 saturated carbocycles. The van der Waals surface area contributed by atoms with Crippen LogP contribution in [0, 0.1) is 6.92 Å². The number of aromatic nitrogens is 1. The van der Waals surface area contributed by atoms with Crippen LogP contribution in [0.5, 0.6) is 5.75 Å². The van der Waals surface area contributed by atoms with Crippen LogP contribution in [0.3, 0.4) is 0 Å². The molecule has 86 valence electrons. The molecule has 17 heavy (non-hydrogen) atoms. The number of methoxy groups -OCH3 is 1. The second-order valence-corrected chi connectivity index (χ2v) is 3.74. The van der Waals surface area contributed by atoms with Crippen LogP contribution in [0.4, 0.5) is 0 Å². The first-order valence-electron chi connectivity index (χ1n) is 5.32. The Morgan fingerprint density at radius 1 is 1.24 bits per heavy atom. The summed E-state index contributed by atoms with van der Waals surface area (Å²) in [5.74, 6) is 0.716. The third-order valence-electron chi connectivity index (χ3n) is 2.52. The molecule has 3 heteroatoms. The van der Waals surface area contributed by atoms with Gasteiger partial charge in [-0.3, -0.25) is 9.78 Å². The lowest BCUT2D eigenvalue weighted by Gasteiger charge is -2.09. The van der Waals surface area contributed by atoms with Crippen molar-refractivity contribution >= 4 is 6.29 Å². The molecule has 0 bridgehead atoms. The maximum atomic E-state index is 10.8. The first-order chi connectivity index (χ1) is 8.24. The zero-order chi connectivity index (χ0) is 12.3. The summed E-state index contributed by atoms with van der Waals surface area (Å²) in [5, 5.41) is 0. The third-order valence-corrected chi connectivity index (χ3v) is 2.52. The van der Waals surface area contributed by atoms with E-state index in [9.17, 15) is 4.79 Å². The van der Waals surface area contributed by atoms with Crippen molar-refractivity contribution in [3.05, 3.63) is 47.7 Å². The van der Waals surface area contributed by atoms with E-state index in [1.807, 2.05) is 25.1 Å². The summed E-state index contributed by atoms with van der Waals surface area (Å²) in [6, 6.07) is 11.1. The van der Waals surface area contributed by atoms with E-state index in [0.29, 0.717) is 11.3 Å². The lowest BCUT2D eigenvalue weighted by atomic mass is 10.1. The topological polar surface area (TPSA) is 39.2 Å². The number of ether oxygens (including phenoxy) is 1. The molecule has 0 radical (unpaired) electrons. The highest BCUT2D eigenvalue weighted by atomic mass is 16.5. The molecule has 2 aromatic rings. The first kappa shape index (κ1) is 11.3. The Balaban J connectivity index is 2.59. The monoisotopic (exact) mass is 227 g/mol. The van der Waals surface area contributed by atoms with E-state index in [0.717, 1.165) is 23.2 Å². The summed E-state index contributed by atoms with van der Waals surface area (Å²) in [5.41, 5.74) is 3.19. The van der Waals surface area contributed by atoms with Gasteiger partial charge in [0.2, 0.25) is 0 Å². The van der Waals surface area contributed by atoms with Gasteiger partial charge in [-0.05, 0) is 37.3 Å². The lowest BCUT2D eigenvalue weighted by Crippen LogP contribution is -1.93. The number of hydrogen-bond donors (Lipinski definition) is 0. The number of nitrogens with zero attached hydrogens (tertiary/aromatic N) is 1. The van der Waals surface area contributed by atoms with Crippen molar-refractivity contribution in [2.24, 2.45) is 0 Å². The van der Waals surface area contributed by atoms with Gasteiger partial charge in [-0.1, -0.05) is 6.07 Å². The Labute approximate surface area is 100 Å². The number of benzene rings is 1. The van der Waals surface area contributed by atoms with Gasteiger partial charge in [0.25, 0.3) is 0 Å². The maximum absolute atomic E-state index is 10.8. The molecule has 0 aliphatic carbocycles. The van der Waals surface area contributed by atoms with Gasteiger partial charge in [-0.2, -0.15) is 0 Å². The molecule has 0 aliphatic rings. The fourth-order valence-electron chi connectivity index (χ4n) is 1.69. The molecular weight excluding hydrogens is 214 g/mol. The Hall–Kier alpha value is -2.16. The van der Waals surface area contributed by atoms with Crippen molar-refractivity contribution in [2.75, 3.05) is 7.11 Å². The maximum Gasteiger partial charge on any atom is 0.150 e. The highest BCUT2D eigenvalue weighted by molar-refractivity contribution is 5.80. The van der Waals surface area contributed by atoms with Crippen molar-refractivity contribution in [1.29, 1.82) is 0 Å². The summed E-state index contributed by atoms with van der Waals surface area (Å²) in [7, 11) is 1.61. The van der Waals surface area contributed by atoms with Crippen molar-refractivity contribution in [3.8, 4) is 17.0 Å². The summed E-state index contributed by atoms with van der Waals surface area (Å²) >= 11 is 0. The van der Waals surface area contributed by atoms with Gasteiger partial charge in [0.15, 0.2) is 0 Å². The van der Waals surface area contributed by atoms with Gasteiger partial charge >= 0.3 is 0 Å². The number of carbonyl (C=O) groups is 1. The molecule has 1 aromatic carbocycles. The van der Waals surface area contributed by atoms with Crippen LogP contribution in [0.15, 0.2) is 36.4 Å². The summed E-state index contributed by atoms with van der Waals surface area (Å²) < 4.78 is 5.28. The molecule has 2 rings (SSSR count). The average molecular weight is 227 g/mol. The Morgan fingerprint density at radius 2 is 2.06 bits per heavy atom. The molecule has 1 aromatic heterocycles. The Morgan fingerprint density at radius 3 is 2.71 bits per heavy atom. The zero-order valence-corrected chi connectivity index (χ0v) is 9.81. The first-order valence-corrected chi connectivity index (χ1v) is 5.32. The molecule has 0 saturated heterocycles. The Kier molecular flexibility index (Phi) is 3.19. The second kappa shape index (κ2) is 4.78. The van der Waals surface area contributed by atoms with Crippen LogP contribution in [-0.2, 0) is 0 Å². The molecular formula is C14H13NO2. The van der Waals surface area contributed by atoms with E-state index >= 15 is 0 Å². The standard InChI is InChI=1S/C14H13NO2/c1-10-4-3-5-13(15-10)12-8-11(9-16)6-7-14(12)17-2/h3-9H,1-2H3. The van der Waals surface area contributed by atoms with Gasteiger partial charge < -0.3 is 4.74 Å². The van der Waals surface area contributed by atoms with Gasteiger partial charge in [-0.25, -0.2) is 0 Å². The molecule has 0 spiro atoms. The molecule has 0 unspecified atom stereocenters. The predicted octanol–water partition coefficient (Wildman–Crippen LogP) is 2.88. The molecule has 0 fully saturated rings. The minimum atomic E-state index is 0.615. The van der Waals surface area contributed by atoms with Crippen molar-refractivity contribution in [3.63, 3.8) is 0 Å². The largest absolute Gasteiger partial charge is 0.496 e. The van der Waals surface area contributed by atoms with E-state index in [2.05, 4.69) is 4.98 Å². The SMILES string of the molecule is COc1ccc(C=O)cc1-c1cccc(C)n1. The summed E-state index contributed by atoms with van der Waals surface area (Å²) in [6.07, 6.45) is 0.818. The van der Waals surface area contributed by atoms with Crippen LogP contribution in [0.25, 0.3) is 11.3 Å². The van der Waals surface area contributed by atoms with Gasteiger partial charge in [0, 0.05) is 16.8 Å². The van der Waals surface area contributed by atoms with Crippen LogP contribution in [0.2, 0.25) is 0 Å². The minimum absolute atomic E-state index is 0.615. The van der Waals surface area contributed by atoms with Crippen LogP contribution in [0.1, 0.15) is 16.1 Å². The second-order valence-electron chi connectivity index (χ2n) is 3.74. The molecule has 3 nitrogen and oxygen atoms in total. The molecule has 0 aliphatic heterocycles. The minimum Gasteiger partial charge on any atom is -0.496 e. The van der Waals surface area contributed by atoms with E-state index in [1.54, 1.807) is 25.3 Å². The average Bonchev–Trinajstić information content (AvgIpc) is 2.38. The van der Waals surface area contributed by atoms with Crippen molar-refractivity contribution in [2.45, 2.75) is 6.92 Å². The van der Waals surface area contributed by atoms with Gasteiger partial charge in [-0.15, -0.1) is 0 Å².